The number of aromatic nitrogens is 1. The summed E-state index contributed by atoms with van der Waals surface area (Å²) in [6, 6.07) is 15.7. The Balaban J connectivity index is 2.10. The number of nitriles is 1. The van der Waals surface area contributed by atoms with Gasteiger partial charge in [0.1, 0.15) is 0 Å². The maximum Gasteiger partial charge on any atom is 0.161 e. The van der Waals surface area contributed by atoms with Crippen LogP contribution in [-0.4, -0.2) is 10.4 Å². The van der Waals surface area contributed by atoms with E-state index in [9.17, 15) is 4.79 Å². The number of nitrogens with zero attached hydrogens (tertiary/aromatic N) is 2. The average Bonchev–Trinajstić information content (AvgIpc) is 2.88. The molecule has 0 aliphatic rings. The van der Waals surface area contributed by atoms with Gasteiger partial charge in [-0.15, -0.1) is 0 Å². The first-order valence-electron chi connectivity index (χ1n) is 7.18. The lowest BCUT2D eigenvalue weighted by molar-refractivity contribution is 0.101. The van der Waals surface area contributed by atoms with Gasteiger partial charge in [0, 0.05) is 23.7 Å². The zero-order valence-corrected chi connectivity index (χ0v) is 12.6. The zero-order chi connectivity index (χ0) is 15.7. The Morgan fingerprint density at radius 2 is 1.91 bits per heavy atom. The van der Waals surface area contributed by atoms with Crippen molar-refractivity contribution in [1.82, 2.24) is 4.57 Å². The van der Waals surface area contributed by atoms with E-state index < -0.39 is 0 Å². The topological polar surface area (TPSA) is 45.8 Å². The van der Waals surface area contributed by atoms with Gasteiger partial charge in [-0.2, -0.15) is 5.26 Å². The predicted molar refractivity (Wildman–Crippen MR) is 86.9 cm³/mol. The van der Waals surface area contributed by atoms with Crippen LogP contribution in [-0.2, 0) is 6.54 Å². The van der Waals surface area contributed by atoms with Crippen LogP contribution in [0.3, 0.4) is 0 Å². The lowest BCUT2D eigenvalue weighted by Crippen LogP contribution is -1.99. The highest BCUT2D eigenvalue weighted by Gasteiger charge is 2.13. The number of rotatable bonds is 3. The van der Waals surface area contributed by atoms with Crippen molar-refractivity contribution in [2.75, 3.05) is 0 Å². The Morgan fingerprint density at radius 3 is 2.55 bits per heavy atom. The van der Waals surface area contributed by atoms with Crippen molar-refractivity contribution in [2.45, 2.75) is 20.4 Å². The second kappa shape index (κ2) is 5.50. The van der Waals surface area contributed by atoms with E-state index in [1.807, 2.05) is 42.6 Å². The average molecular weight is 288 g/mol. The minimum atomic E-state index is 0.0779. The summed E-state index contributed by atoms with van der Waals surface area (Å²) in [5, 5.41) is 9.87. The van der Waals surface area contributed by atoms with Gasteiger partial charge in [0.2, 0.25) is 0 Å². The van der Waals surface area contributed by atoms with E-state index >= 15 is 0 Å². The predicted octanol–water partition coefficient (Wildman–Crippen LogP) is 4.07. The summed E-state index contributed by atoms with van der Waals surface area (Å²) in [7, 11) is 0. The monoisotopic (exact) mass is 288 g/mol. The zero-order valence-electron chi connectivity index (χ0n) is 12.6. The second-order valence-electron chi connectivity index (χ2n) is 5.51. The van der Waals surface area contributed by atoms with Gasteiger partial charge in [-0.05, 0) is 37.1 Å². The van der Waals surface area contributed by atoms with Crippen LogP contribution in [0, 0.1) is 18.3 Å². The summed E-state index contributed by atoms with van der Waals surface area (Å²) in [4.78, 5) is 11.9. The summed E-state index contributed by atoms with van der Waals surface area (Å²) in [5.74, 6) is 0.0779. The van der Waals surface area contributed by atoms with Crippen LogP contribution in [0.15, 0.2) is 48.7 Å². The molecule has 3 heteroatoms. The molecule has 0 unspecified atom stereocenters. The van der Waals surface area contributed by atoms with Crippen LogP contribution in [0.4, 0.5) is 0 Å². The number of hydrogen-bond acceptors (Lipinski definition) is 2. The van der Waals surface area contributed by atoms with Crippen molar-refractivity contribution < 1.29 is 4.79 Å². The highest BCUT2D eigenvalue weighted by Crippen LogP contribution is 2.25. The Kier molecular flexibility index (Phi) is 3.52. The molecule has 108 valence electrons. The summed E-state index contributed by atoms with van der Waals surface area (Å²) in [6.07, 6.45) is 1.93. The smallest absolute Gasteiger partial charge is 0.161 e. The third-order valence-electron chi connectivity index (χ3n) is 3.92. The molecule has 3 nitrogen and oxygen atoms in total. The molecule has 0 amide bonds. The number of aryl methyl sites for hydroxylation is 1. The largest absolute Gasteiger partial charge is 0.342 e. The van der Waals surface area contributed by atoms with E-state index in [0.29, 0.717) is 12.1 Å². The quantitative estimate of drug-likeness (QED) is 0.682. The van der Waals surface area contributed by atoms with E-state index in [0.717, 1.165) is 27.6 Å². The van der Waals surface area contributed by atoms with Crippen LogP contribution in [0.2, 0.25) is 0 Å². The Labute approximate surface area is 129 Å². The first-order chi connectivity index (χ1) is 10.6. The first-order valence-corrected chi connectivity index (χ1v) is 7.18. The third-order valence-corrected chi connectivity index (χ3v) is 3.92. The van der Waals surface area contributed by atoms with Crippen LogP contribution in [0.25, 0.3) is 10.9 Å². The molecule has 3 rings (SSSR count). The van der Waals surface area contributed by atoms with Gasteiger partial charge in [0.15, 0.2) is 5.78 Å². The number of benzene rings is 2. The molecular weight excluding hydrogens is 272 g/mol. The minimum absolute atomic E-state index is 0.0779. The van der Waals surface area contributed by atoms with Crippen LogP contribution >= 0.6 is 0 Å². The summed E-state index contributed by atoms with van der Waals surface area (Å²) in [5.41, 5.74) is 4.76. The fraction of sp³-hybridized carbons (Fsp3) is 0.158. The van der Waals surface area contributed by atoms with E-state index in [1.165, 1.54) is 0 Å². The molecular formula is C19H16N2O. The third kappa shape index (κ3) is 2.40. The molecule has 0 aliphatic heterocycles. The van der Waals surface area contributed by atoms with Crippen LogP contribution in [0.5, 0.6) is 0 Å². The molecule has 0 fully saturated rings. The summed E-state index contributed by atoms with van der Waals surface area (Å²) >= 11 is 0. The highest BCUT2D eigenvalue weighted by atomic mass is 16.1. The van der Waals surface area contributed by atoms with Gasteiger partial charge >= 0.3 is 0 Å². The lowest BCUT2D eigenvalue weighted by atomic mass is 10.1. The minimum Gasteiger partial charge on any atom is -0.342 e. The second-order valence-corrected chi connectivity index (χ2v) is 5.51. The molecule has 1 heterocycles. The maximum atomic E-state index is 11.9. The number of carbonyl (C=O) groups is 1. The molecule has 1 aromatic heterocycles. The molecule has 0 atom stereocenters. The number of hydrogen-bond donors (Lipinski definition) is 0. The van der Waals surface area contributed by atoms with Crippen LogP contribution in [0.1, 0.15) is 34.0 Å². The lowest BCUT2D eigenvalue weighted by Gasteiger charge is -2.07. The molecule has 0 saturated heterocycles. The van der Waals surface area contributed by atoms with Gasteiger partial charge < -0.3 is 4.57 Å². The molecule has 0 N–H and O–H groups in total. The first kappa shape index (κ1) is 14.1. The molecule has 0 spiro atoms. The van der Waals surface area contributed by atoms with Gasteiger partial charge in [0.05, 0.1) is 17.1 Å². The van der Waals surface area contributed by atoms with Crippen molar-refractivity contribution in [3.8, 4) is 6.07 Å². The van der Waals surface area contributed by atoms with E-state index in [4.69, 9.17) is 5.26 Å². The Hall–Kier alpha value is -2.86. The van der Waals surface area contributed by atoms with Crippen molar-refractivity contribution in [2.24, 2.45) is 0 Å². The molecule has 3 aromatic rings. The summed E-state index contributed by atoms with van der Waals surface area (Å²) in [6.45, 7) is 4.34. The van der Waals surface area contributed by atoms with Gasteiger partial charge in [-0.25, -0.2) is 0 Å². The maximum absolute atomic E-state index is 11.9. The summed E-state index contributed by atoms with van der Waals surface area (Å²) < 4.78 is 2.11. The molecule has 0 radical (unpaired) electrons. The van der Waals surface area contributed by atoms with Gasteiger partial charge in [0.25, 0.3) is 0 Å². The standard InChI is InChI=1S/C19H16N2O/c1-13-4-3-5-17-18(14(2)22)12-21(19(13)17)11-16-8-6-15(10-20)7-9-16/h3-9,12H,11H2,1-2H3. The number of para-hydroxylation sites is 1. The number of Topliss-reactive ketones (excluding diaryl/α,β-unsaturated/α-hetero) is 1. The van der Waals surface area contributed by atoms with E-state index in [2.05, 4.69) is 23.6 Å². The number of carbonyl (C=O) groups excluding carboxylic acids is 1. The molecule has 2 aromatic carbocycles. The molecule has 22 heavy (non-hydrogen) atoms. The highest BCUT2D eigenvalue weighted by molar-refractivity contribution is 6.07. The van der Waals surface area contributed by atoms with E-state index in [1.54, 1.807) is 6.92 Å². The number of fused-ring (bicyclic) bond motifs is 1. The molecule has 0 bridgehead atoms. The van der Waals surface area contributed by atoms with Crippen molar-refractivity contribution >= 4 is 16.7 Å². The normalized spacial score (nSPS) is 10.6. The SMILES string of the molecule is CC(=O)c1cn(Cc2ccc(C#N)cc2)c2c(C)cccc12. The Morgan fingerprint density at radius 1 is 1.18 bits per heavy atom. The fourth-order valence-corrected chi connectivity index (χ4v) is 2.83. The van der Waals surface area contributed by atoms with Crippen LogP contribution < -0.4 is 0 Å². The molecule has 0 aliphatic carbocycles. The Bertz CT molecular complexity index is 896. The molecule has 0 saturated carbocycles. The van der Waals surface area contributed by atoms with Gasteiger partial charge in [-0.3, -0.25) is 4.79 Å². The van der Waals surface area contributed by atoms with Crippen molar-refractivity contribution in [3.63, 3.8) is 0 Å². The fourth-order valence-electron chi connectivity index (χ4n) is 2.83. The van der Waals surface area contributed by atoms with E-state index in [-0.39, 0.29) is 5.78 Å². The van der Waals surface area contributed by atoms with Crippen molar-refractivity contribution in [1.29, 1.82) is 5.26 Å². The number of ketones is 1. The van der Waals surface area contributed by atoms with Gasteiger partial charge in [-0.1, -0.05) is 30.3 Å². The van der Waals surface area contributed by atoms with Crippen molar-refractivity contribution in [3.05, 3.63) is 70.9 Å².